The lowest BCUT2D eigenvalue weighted by Gasteiger charge is -2.18. The first-order valence-corrected chi connectivity index (χ1v) is 6.79. The maximum atomic E-state index is 12.3. The molecule has 1 aromatic carbocycles. The van der Waals surface area contributed by atoms with Crippen molar-refractivity contribution >= 4 is 23.0 Å². The fourth-order valence-corrected chi connectivity index (χ4v) is 1.95. The SMILES string of the molecule is Cc1ccc2occ(/C=C/C(=O)NC(C)(C)C)c(=O)c2c1. The molecule has 0 aliphatic heterocycles. The van der Waals surface area contributed by atoms with Crippen LogP contribution in [0.3, 0.4) is 0 Å². The van der Waals surface area contributed by atoms with E-state index in [1.54, 1.807) is 12.1 Å². The van der Waals surface area contributed by atoms with Crippen LogP contribution in [-0.2, 0) is 4.79 Å². The number of fused-ring (bicyclic) bond motifs is 1. The third-order valence-corrected chi connectivity index (χ3v) is 2.87. The second kappa shape index (κ2) is 5.56. The molecule has 0 aliphatic rings. The quantitative estimate of drug-likeness (QED) is 0.863. The Labute approximate surface area is 123 Å². The van der Waals surface area contributed by atoms with Crippen molar-refractivity contribution in [3.63, 3.8) is 0 Å². The van der Waals surface area contributed by atoms with Crippen LogP contribution in [-0.4, -0.2) is 11.4 Å². The second-order valence-corrected chi connectivity index (χ2v) is 6.09. The molecule has 0 fully saturated rings. The summed E-state index contributed by atoms with van der Waals surface area (Å²) in [5.74, 6) is -0.244. The summed E-state index contributed by atoms with van der Waals surface area (Å²) < 4.78 is 5.43. The lowest BCUT2D eigenvalue weighted by atomic mass is 10.1. The van der Waals surface area contributed by atoms with Gasteiger partial charge in [0.1, 0.15) is 11.8 Å². The average molecular weight is 285 g/mol. The van der Waals surface area contributed by atoms with E-state index in [0.717, 1.165) is 5.56 Å². The lowest BCUT2D eigenvalue weighted by molar-refractivity contribution is -0.117. The first-order chi connectivity index (χ1) is 9.76. The molecule has 2 rings (SSSR count). The van der Waals surface area contributed by atoms with Gasteiger partial charge in [0.2, 0.25) is 5.91 Å². The van der Waals surface area contributed by atoms with Gasteiger partial charge >= 0.3 is 0 Å². The molecule has 1 aromatic heterocycles. The Morgan fingerprint density at radius 2 is 2.00 bits per heavy atom. The number of benzene rings is 1. The molecule has 0 saturated carbocycles. The Bertz CT molecular complexity index is 764. The minimum Gasteiger partial charge on any atom is -0.463 e. The van der Waals surface area contributed by atoms with Gasteiger partial charge in [0.15, 0.2) is 5.43 Å². The maximum absolute atomic E-state index is 12.3. The van der Waals surface area contributed by atoms with Gasteiger partial charge in [0, 0.05) is 11.6 Å². The van der Waals surface area contributed by atoms with Gasteiger partial charge in [0.25, 0.3) is 0 Å². The molecule has 0 unspecified atom stereocenters. The summed E-state index contributed by atoms with van der Waals surface area (Å²) in [6.45, 7) is 7.60. The van der Waals surface area contributed by atoms with Crippen molar-refractivity contribution in [3.8, 4) is 0 Å². The number of carbonyl (C=O) groups is 1. The van der Waals surface area contributed by atoms with Gasteiger partial charge < -0.3 is 9.73 Å². The molecular formula is C17H19NO3. The van der Waals surface area contributed by atoms with Crippen molar-refractivity contribution in [3.05, 3.63) is 51.9 Å². The zero-order valence-corrected chi connectivity index (χ0v) is 12.7. The Morgan fingerprint density at radius 3 is 2.67 bits per heavy atom. The molecule has 0 saturated heterocycles. The van der Waals surface area contributed by atoms with E-state index in [2.05, 4.69) is 5.32 Å². The molecule has 4 heteroatoms. The van der Waals surface area contributed by atoms with Crippen molar-refractivity contribution < 1.29 is 9.21 Å². The minimum atomic E-state index is -0.313. The van der Waals surface area contributed by atoms with Crippen LogP contribution in [0.2, 0.25) is 0 Å². The van der Waals surface area contributed by atoms with Gasteiger partial charge in [-0.15, -0.1) is 0 Å². The Balaban J connectivity index is 2.33. The largest absolute Gasteiger partial charge is 0.463 e. The van der Waals surface area contributed by atoms with Crippen LogP contribution in [0.4, 0.5) is 0 Å². The number of amides is 1. The summed E-state index contributed by atoms with van der Waals surface area (Å²) in [4.78, 5) is 24.1. The van der Waals surface area contributed by atoms with Crippen molar-refractivity contribution in [1.82, 2.24) is 5.32 Å². The molecule has 1 N–H and O–H groups in total. The highest BCUT2D eigenvalue weighted by atomic mass is 16.3. The topological polar surface area (TPSA) is 59.3 Å². The van der Waals surface area contributed by atoms with Crippen molar-refractivity contribution in [1.29, 1.82) is 0 Å². The third-order valence-electron chi connectivity index (χ3n) is 2.87. The van der Waals surface area contributed by atoms with Crippen LogP contribution in [0.5, 0.6) is 0 Å². The summed E-state index contributed by atoms with van der Waals surface area (Å²) in [6.07, 6.45) is 4.20. The van der Waals surface area contributed by atoms with Gasteiger partial charge in [-0.25, -0.2) is 0 Å². The standard InChI is InChI=1S/C17H19NO3/c1-11-5-7-14-13(9-11)16(20)12(10-21-14)6-8-15(19)18-17(2,3)4/h5-10H,1-4H3,(H,18,19)/b8-6+. The summed E-state index contributed by atoms with van der Waals surface area (Å²) in [5, 5.41) is 3.32. The van der Waals surface area contributed by atoms with Crippen LogP contribution >= 0.6 is 0 Å². The maximum Gasteiger partial charge on any atom is 0.244 e. The van der Waals surface area contributed by atoms with Crippen molar-refractivity contribution in [2.24, 2.45) is 0 Å². The van der Waals surface area contributed by atoms with Crippen LogP contribution in [0, 0.1) is 6.92 Å². The van der Waals surface area contributed by atoms with Crippen LogP contribution in [0.1, 0.15) is 31.9 Å². The van der Waals surface area contributed by atoms with E-state index in [1.165, 1.54) is 18.4 Å². The Hall–Kier alpha value is -2.36. The van der Waals surface area contributed by atoms with Gasteiger partial charge in [-0.1, -0.05) is 11.6 Å². The number of carbonyl (C=O) groups excluding carboxylic acids is 1. The van der Waals surface area contributed by atoms with E-state index in [1.807, 2.05) is 33.8 Å². The molecule has 1 heterocycles. The first-order valence-electron chi connectivity index (χ1n) is 6.79. The van der Waals surface area contributed by atoms with Crippen LogP contribution < -0.4 is 10.7 Å². The van der Waals surface area contributed by atoms with Gasteiger partial charge in [-0.2, -0.15) is 0 Å². The van der Waals surface area contributed by atoms with E-state index in [0.29, 0.717) is 16.5 Å². The second-order valence-electron chi connectivity index (χ2n) is 6.09. The highest BCUT2D eigenvalue weighted by Gasteiger charge is 2.11. The summed E-state index contributed by atoms with van der Waals surface area (Å²) in [7, 11) is 0. The number of aryl methyl sites for hydroxylation is 1. The molecular weight excluding hydrogens is 266 g/mol. The third kappa shape index (κ3) is 3.81. The fourth-order valence-electron chi connectivity index (χ4n) is 1.95. The Kier molecular flexibility index (Phi) is 3.98. The van der Waals surface area contributed by atoms with E-state index >= 15 is 0 Å². The summed E-state index contributed by atoms with van der Waals surface area (Å²) in [6, 6.07) is 5.44. The summed E-state index contributed by atoms with van der Waals surface area (Å²) in [5.41, 5.74) is 1.44. The summed E-state index contributed by atoms with van der Waals surface area (Å²) >= 11 is 0. The molecule has 0 atom stereocenters. The number of nitrogens with one attached hydrogen (secondary N) is 1. The van der Waals surface area contributed by atoms with E-state index in [-0.39, 0.29) is 16.9 Å². The van der Waals surface area contributed by atoms with Crippen molar-refractivity contribution in [2.45, 2.75) is 33.2 Å². The minimum absolute atomic E-state index is 0.139. The number of hydrogen-bond donors (Lipinski definition) is 1. The zero-order valence-electron chi connectivity index (χ0n) is 12.7. The molecule has 21 heavy (non-hydrogen) atoms. The van der Waals surface area contributed by atoms with E-state index in [9.17, 15) is 9.59 Å². The molecule has 0 radical (unpaired) electrons. The predicted octanol–water partition coefficient (Wildman–Crippen LogP) is 3.03. The van der Waals surface area contributed by atoms with Gasteiger partial charge in [-0.05, 0) is 45.9 Å². The highest BCUT2D eigenvalue weighted by Crippen LogP contribution is 2.13. The smallest absolute Gasteiger partial charge is 0.244 e. The number of hydrogen-bond acceptors (Lipinski definition) is 3. The molecule has 0 bridgehead atoms. The Morgan fingerprint density at radius 1 is 1.29 bits per heavy atom. The van der Waals surface area contributed by atoms with Gasteiger partial charge in [-0.3, -0.25) is 9.59 Å². The molecule has 2 aromatic rings. The average Bonchev–Trinajstić information content (AvgIpc) is 2.36. The number of rotatable bonds is 2. The van der Waals surface area contributed by atoms with Gasteiger partial charge in [0.05, 0.1) is 10.9 Å². The first kappa shape index (κ1) is 15.0. The van der Waals surface area contributed by atoms with E-state index in [4.69, 9.17) is 4.42 Å². The molecule has 110 valence electrons. The molecule has 0 aliphatic carbocycles. The highest BCUT2D eigenvalue weighted by molar-refractivity contribution is 5.92. The van der Waals surface area contributed by atoms with Crippen LogP contribution in [0.25, 0.3) is 17.0 Å². The predicted molar refractivity (Wildman–Crippen MR) is 84.2 cm³/mol. The van der Waals surface area contributed by atoms with E-state index < -0.39 is 0 Å². The molecule has 0 spiro atoms. The monoisotopic (exact) mass is 285 g/mol. The lowest BCUT2D eigenvalue weighted by Crippen LogP contribution is -2.39. The molecule has 4 nitrogen and oxygen atoms in total. The normalized spacial score (nSPS) is 12.0. The molecule has 1 amide bonds. The fraction of sp³-hybridized carbons (Fsp3) is 0.294. The van der Waals surface area contributed by atoms with Crippen molar-refractivity contribution in [2.75, 3.05) is 0 Å². The van der Waals surface area contributed by atoms with Crippen LogP contribution in [0.15, 0.2) is 39.7 Å². The zero-order chi connectivity index (χ0) is 15.6.